The standard InChI is InChI=1S/C19H31NO6/c1-20(2,3)15-16(14-18(23)24)26-19(25)13-11-9-7-5-4-6-8-10-12-17(21)22/h9-12,16H,4-8,13-15H2,1-3H3,(H-,21,22,23,24)/p+1/b11-9+,12-10+. The summed E-state index contributed by atoms with van der Waals surface area (Å²) in [5.74, 6) is -2.32. The largest absolute Gasteiger partial charge is 0.481 e. The molecule has 0 amide bonds. The van der Waals surface area contributed by atoms with Crippen LogP contribution in [-0.4, -0.2) is 66.4 Å². The van der Waals surface area contributed by atoms with Gasteiger partial charge in [0, 0.05) is 6.08 Å². The summed E-state index contributed by atoms with van der Waals surface area (Å²) < 4.78 is 5.80. The van der Waals surface area contributed by atoms with Crippen LogP contribution in [0.15, 0.2) is 24.3 Å². The van der Waals surface area contributed by atoms with Crippen LogP contribution in [0.25, 0.3) is 0 Å². The SMILES string of the molecule is C[N+](C)(C)CC(CC(=O)O)OC(=O)C/C=C/CCCCC/C=C/C(=O)O. The van der Waals surface area contributed by atoms with Gasteiger partial charge in [-0.1, -0.05) is 24.6 Å². The minimum absolute atomic E-state index is 0.134. The van der Waals surface area contributed by atoms with E-state index in [2.05, 4.69) is 0 Å². The second-order valence-corrected chi connectivity index (χ2v) is 7.24. The van der Waals surface area contributed by atoms with E-state index < -0.39 is 24.0 Å². The van der Waals surface area contributed by atoms with Crippen LogP contribution >= 0.6 is 0 Å². The Morgan fingerprint density at radius 2 is 1.58 bits per heavy atom. The highest BCUT2D eigenvalue weighted by molar-refractivity contribution is 5.79. The Morgan fingerprint density at radius 3 is 2.12 bits per heavy atom. The average molecular weight is 370 g/mol. The predicted molar refractivity (Wildman–Crippen MR) is 98.7 cm³/mol. The van der Waals surface area contributed by atoms with Gasteiger partial charge in [0.1, 0.15) is 6.54 Å². The van der Waals surface area contributed by atoms with E-state index in [1.807, 2.05) is 27.2 Å². The Balaban J connectivity index is 3.98. The molecule has 7 nitrogen and oxygen atoms in total. The molecule has 0 radical (unpaired) electrons. The van der Waals surface area contributed by atoms with Gasteiger partial charge in [0.25, 0.3) is 0 Å². The van der Waals surface area contributed by atoms with Gasteiger partial charge in [0.2, 0.25) is 0 Å². The first-order valence-corrected chi connectivity index (χ1v) is 8.86. The lowest BCUT2D eigenvalue weighted by Crippen LogP contribution is -2.43. The quantitative estimate of drug-likeness (QED) is 0.160. The molecule has 148 valence electrons. The van der Waals surface area contributed by atoms with E-state index >= 15 is 0 Å². The van der Waals surface area contributed by atoms with Crippen LogP contribution in [0.1, 0.15) is 44.9 Å². The third-order valence-corrected chi connectivity index (χ3v) is 3.40. The van der Waals surface area contributed by atoms with Crippen molar-refractivity contribution in [3.8, 4) is 0 Å². The summed E-state index contributed by atoms with van der Waals surface area (Å²) in [6.07, 6.45) is 10.3. The molecule has 0 aromatic carbocycles. The summed E-state index contributed by atoms with van der Waals surface area (Å²) in [5.41, 5.74) is 0. The van der Waals surface area contributed by atoms with Gasteiger partial charge < -0.3 is 19.4 Å². The number of carboxylic acid groups (broad SMARTS) is 2. The number of rotatable bonds is 14. The third kappa shape index (κ3) is 16.7. The molecular weight excluding hydrogens is 338 g/mol. The maximum Gasteiger partial charge on any atom is 0.327 e. The van der Waals surface area contributed by atoms with E-state index in [1.54, 1.807) is 12.2 Å². The number of allylic oxidation sites excluding steroid dienone is 2. The second kappa shape index (κ2) is 13.1. The van der Waals surface area contributed by atoms with E-state index in [9.17, 15) is 14.4 Å². The monoisotopic (exact) mass is 370 g/mol. The van der Waals surface area contributed by atoms with Crippen LogP contribution in [0.3, 0.4) is 0 Å². The van der Waals surface area contributed by atoms with Crippen LogP contribution in [0.5, 0.6) is 0 Å². The predicted octanol–water partition coefficient (Wildman–Crippen LogP) is 2.62. The minimum Gasteiger partial charge on any atom is -0.481 e. The van der Waals surface area contributed by atoms with Crippen LogP contribution in [0, 0.1) is 0 Å². The number of likely N-dealkylation sites (N-methyl/N-ethyl adjacent to an activating group) is 1. The first-order valence-electron chi connectivity index (χ1n) is 8.86. The van der Waals surface area contributed by atoms with Gasteiger partial charge >= 0.3 is 17.9 Å². The molecule has 0 aliphatic carbocycles. The first-order chi connectivity index (χ1) is 12.1. The fourth-order valence-corrected chi connectivity index (χ4v) is 2.37. The van der Waals surface area contributed by atoms with E-state index in [-0.39, 0.29) is 12.8 Å². The van der Waals surface area contributed by atoms with E-state index in [0.717, 1.165) is 38.2 Å². The number of carbonyl (C=O) groups is 3. The Morgan fingerprint density at radius 1 is 0.962 bits per heavy atom. The number of hydrogen-bond donors (Lipinski definition) is 2. The lowest BCUT2D eigenvalue weighted by atomic mass is 10.1. The number of aliphatic carboxylic acids is 2. The zero-order chi connectivity index (χ0) is 20.0. The smallest absolute Gasteiger partial charge is 0.327 e. The highest BCUT2D eigenvalue weighted by Gasteiger charge is 2.24. The van der Waals surface area contributed by atoms with Gasteiger partial charge in [-0.3, -0.25) is 9.59 Å². The summed E-state index contributed by atoms with van der Waals surface area (Å²) in [6, 6.07) is 0. The van der Waals surface area contributed by atoms with Crippen molar-refractivity contribution in [2.24, 2.45) is 0 Å². The maximum absolute atomic E-state index is 11.9. The number of quaternary nitrogens is 1. The molecule has 2 N–H and O–H groups in total. The lowest BCUT2D eigenvalue weighted by molar-refractivity contribution is -0.873. The van der Waals surface area contributed by atoms with Gasteiger partial charge in [-0.05, 0) is 25.7 Å². The number of ether oxygens (including phenoxy) is 1. The number of unbranched alkanes of at least 4 members (excludes halogenated alkanes) is 4. The van der Waals surface area contributed by atoms with Gasteiger partial charge in [-0.25, -0.2) is 4.79 Å². The van der Waals surface area contributed by atoms with E-state index in [4.69, 9.17) is 14.9 Å². The highest BCUT2D eigenvalue weighted by Crippen LogP contribution is 2.08. The van der Waals surface area contributed by atoms with Gasteiger partial charge in [0.15, 0.2) is 6.10 Å². The number of carboxylic acids is 2. The van der Waals surface area contributed by atoms with E-state index in [1.165, 1.54) is 0 Å². The molecule has 7 heteroatoms. The van der Waals surface area contributed by atoms with Crippen LogP contribution < -0.4 is 0 Å². The Kier molecular flexibility index (Phi) is 12.0. The number of esters is 1. The fourth-order valence-electron chi connectivity index (χ4n) is 2.37. The average Bonchev–Trinajstić information content (AvgIpc) is 2.46. The molecule has 0 spiro atoms. The molecule has 0 saturated carbocycles. The number of hydrogen-bond acceptors (Lipinski definition) is 4. The molecule has 0 aromatic heterocycles. The van der Waals surface area contributed by atoms with E-state index in [0.29, 0.717) is 11.0 Å². The summed E-state index contributed by atoms with van der Waals surface area (Å²) in [7, 11) is 5.75. The zero-order valence-corrected chi connectivity index (χ0v) is 16.0. The van der Waals surface area contributed by atoms with Crippen LogP contribution in [0.2, 0.25) is 0 Å². The Labute approximate surface area is 155 Å². The maximum atomic E-state index is 11.9. The fraction of sp³-hybridized carbons (Fsp3) is 0.632. The molecule has 0 bridgehead atoms. The third-order valence-electron chi connectivity index (χ3n) is 3.40. The summed E-state index contributed by atoms with van der Waals surface area (Å²) >= 11 is 0. The highest BCUT2D eigenvalue weighted by atomic mass is 16.5. The zero-order valence-electron chi connectivity index (χ0n) is 16.0. The first kappa shape index (κ1) is 23.9. The van der Waals surface area contributed by atoms with Gasteiger partial charge in [-0.15, -0.1) is 0 Å². The Bertz CT molecular complexity index is 505. The molecule has 0 aliphatic heterocycles. The topological polar surface area (TPSA) is 101 Å². The van der Waals surface area contributed by atoms with Gasteiger partial charge in [0.05, 0.1) is 34.0 Å². The van der Waals surface area contributed by atoms with Crippen molar-refractivity contribution < 1.29 is 33.8 Å². The molecular formula is C19H32NO6+. The molecule has 26 heavy (non-hydrogen) atoms. The van der Waals surface area contributed by atoms with Crippen LogP contribution in [0.4, 0.5) is 0 Å². The normalized spacial score (nSPS) is 13.2. The van der Waals surface area contributed by atoms with Crippen molar-refractivity contribution in [2.75, 3.05) is 27.7 Å². The number of carbonyl (C=O) groups excluding carboxylic acids is 1. The van der Waals surface area contributed by atoms with Crippen molar-refractivity contribution in [3.05, 3.63) is 24.3 Å². The Hall–Kier alpha value is -2.15. The van der Waals surface area contributed by atoms with Crippen molar-refractivity contribution in [1.82, 2.24) is 0 Å². The molecule has 1 atom stereocenters. The van der Waals surface area contributed by atoms with Gasteiger partial charge in [-0.2, -0.15) is 0 Å². The molecule has 0 aromatic rings. The van der Waals surface area contributed by atoms with Crippen molar-refractivity contribution in [3.63, 3.8) is 0 Å². The second-order valence-electron chi connectivity index (χ2n) is 7.24. The minimum atomic E-state index is -0.981. The lowest BCUT2D eigenvalue weighted by Gasteiger charge is -2.28. The molecule has 1 unspecified atom stereocenters. The van der Waals surface area contributed by atoms with Crippen LogP contribution in [-0.2, 0) is 19.1 Å². The summed E-state index contributed by atoms with van der Waals surface area (Å²) in [4.78, 5) is 33.0. The number of nitrogens with zero attached hydrogens (tertiary/aromatic N) is 1. The molecule has 0 aliphatic rings. The van der Waals surface area contributed by atoms with Crippen molar-refractivity contribution >= 4 is 17.9 Å². The molecule has 0 rings (SSSR count). The summed E-state index contributed by atoms with van der Waals surface area (Å²) in [6.45, 7) is 0.443. The molecule has 0 saturated heterocycles. The molecule has 0 fully saturated rings. The van der Waals surface area contributed by atoms with Crippen molar-refractivity contribution in [1.29, 1.82) is 0 Å². The van der Waals surface area contributed by atoms with Crippen molar-refractivity contribution in [2.45, 2.75) is 51.0 Å². The summed E-state index contributed by atoms with van der Waals surface area (Å²) in [5, 5.41) is 17.4. The molecule has 0 heterocycles.